The van der Waals surface area contributed by atoms with Gasteiger partial charge < -0.3 is 15.8 Å². The second kappa shape index (κ2) is 8.37. The Morgan fingerprint density at radius 1 is 1.21 bits per heavy atom. The van der Waals surface area contributed by atoms with Gasteiger partial charge in [-0.05, 0) is 37.8 Å². The molecule has 1 aromatic heterocycles. The van der Waals surface area contributed by atoms with E-state index in [0.717, 1.165) is 12.0 Å². The normalized spacial score (nSPS) is 12.2. The number of nitrogen functional groups attached to an aromatic ring is 1. The minimum atomic E-state index is -2.83. The summed E-state index contributed by atoms with van der Waals surface area (Å²) in [7, 11) is 0. The van der Waals surface area contributed by atoms with Gasteiger partial charge in [0.15, 0.2) is 0 Å². The fourth-order valence-corrected chi connectivity index (χ4v) is 2.38. The Labute approximate surface area is 139 Å². The number of aryl methyl sites for hydroxylation is 2. The molecule has 0 spiro atoms. The molecule has 2 aromatic rings. The number of para-hydroxylation sites is 1. The SMILES string of the molecule is CCC(CCc1ccccc1OC(F)F)Nc1nc(C)nc(N)n1. The van der Waals surface area contributed by atoms with Crippen molar-refractivity contribution in [1.82, 2.24) is 15.0 Å². The Bertz CT molecular complexity index is 648. The lowest BCUT2D eigenvalue weighted by Crippen LogP contribution is -2.22. The van der Waals surface area contributed by atoms with E-state index in [1.54, 1.807) is 31.2 Å². The van der Waals surface area contributed by atoms with Gasteiger partial charge in [0, 0.05) is 6.04 Å². The number of halogens is 2. The van der Waals surface area contributed by atoms with Gasteiger partial charge in [0.2, 0.25) is 11.9 Å². The first-order valence-corrected chi connectivity index (χ1v) is 7.75. The Kier molecular flexibility index (Phi) is 6.22. The van der Waals surface area contributed by atoms with Crippen LogP contribution in [0.2, 0.25) is 0 Å². The van der Waals surface area contributed by atoms with E-state index in [0.29, 0.717) is 24.6 Å². The van der Waals surface area contributed by atoms with Crippen molar-refractivity contribution in [1.29, 1.82) is 0 Å². The fourth-order valence-electron chi connectivity index (χ4n) is 2.38. The molecule has 0 bridgehead atoms. The summed E-state index contributed by atoms with van der Waals surface area (Å²) in [4.78, 5) is 12.2. The molecule has 0 aliphatic heterocycles. The highest BCUT2D eigenvalue weighted by Gasteiger charge is 2.13. The predicted molar refractivity (Wildman–Crippen MR) is 88.1 cm³/mol. The van der Waals surface area contributed by atoms with Crippen LogP contribution in [0, 0.1) is 6.92 Å². The van der Waals surface area contributed by atoms with Crippen LogP contribution in [0.15, 0.2) is 24.3 Å². The van der Waals surface area contributed by atoms with Crippen LogP contribution >= 0.6 is 0 Å². The Hall–Kier alpha value is -2.51. The lowest BCUT2D eigenvalue weighted by atomic mass is 10.0. The minimum absolute atomic E-state index is 0.0748. The van der Waals surface area contributed by atoms with Gasteiger partial charge in [-0.2, -0.15) is 23.7 Å². The lowest BCUT2D eigenvalue weighted by Gasteiger charge is -2.18. The fraction of sp³-hybridized carbons (Fsp3) is 0.438. The van der Waals surface area contributed by atoms with Crippen LogP contribution in [0.3, 0.4) is 0 Å². The number of nitrogens with one attached hydrogen (secondary N) is 1. The number of benzene rings is 1. The van der Waals surface area contributed by atoms with Crippen molar-refractivity contribution in [3.05, 3.63) is 35.7 Å². The maximum Gasteiger partial charge on any atom is 0.387 e. The number of hydrogen-bond acceptors (Lipinski definition) is 6. The molecule has 0 amide bonds. The summed E-state index contributed by atoms with van der Waals surface area (Å²) < 4.78 is 29.5. The second-order valence-electron chi connectivity index (χ2n) is 5.34. The van der Waals surface area contributed by atoms with Crippen LogP contribution in [0.5, 0.6) is 5.75 Å². The third kappa shape index (κ3) is 5.29. The number of nitrogens with zero attached hydrogens (tertiary/aromatic N) is 3. The van der Waals surface area contributed by atoms with Crippen LogP contribution in [-0.2, 0) is 6.42 Å². The molecule has 0 radical (unpaired) electrons. The summed E-state index contributed by atoms with van der Waals surface area (Å²) in [5.41, 5.74) is 6.36. The molecule has 3 N–H and O–H groups in total. The van der Waals surface area contributed by atoms with Crippen molar-refractivity contribution < 1.29 is 13.5 Å². The molecule has 1 aromatic carbocycles. The highest BCUT2D eigenvalue weighted by atomic mass is 19.3. The summed E-state index contributed by atoms with van der Waals surface area (Å²) in [6.07, 6.45) is 2.13. The summed E-state index contributed by atoms with van der Waals surface area (Å²) >= 11 is 0. The molecule has 0 aliphatic carbocycles. The first-order chi connectivity index (χ1) is 11.5. The predicted octanol–water partition coefficient (Wildman–Crippen LogP) is 3.19. The highest BCUT2D eigenvalue weighted by Crippen LogP contribution is 2.23. The van der Waals surface area contributed by atoms with Crippen molar-refractivity contribution in [2.75, 3.05) is 11.1 Å². The smallest absolute Gasteiger partial charge is 0.387 e. The first-order valence-electron chi connectivity index (χ1n) is 7.75. The van der Waals surface area contributed by atoms with E-state index in [9.17, 15) is 8.78 Å². The van der Waals surface area contributed by atoms with Crippen LogP contribution in [0.4, 0.5) is 20.7 Å². The van der Waals surface area contributed by atoms with Crippen LogP contribution < -0.4 is 15.8 Å². The van der Waals surface area contributed by atoms with Gasteiger partial charge in [0.1, 0.15) is 11.6 Å². The molecule has 0 saturated heterocycles. The molecule has 8 heteroatoms. The molecule has 1 unspecified atom stereocenters. The van der Waals surface area contributed by atoms with Crippen molar-refractivity contribution in [3.63, 3.8) is 0 Å². The van der Waals surface area contributed by atoms with E-state index in [1.165, 1.54) is 0 Å². The van der Waals surface area contributed by atoms with Gasteiger partial charge in [-0.15, -0.1) is 0 Å². The van der Waals surface area contributed by atoms with Gasteiger partial charge in [-0.1, -0.05) is 25.1 Å². The molecule has 2 rings (SSSR count). The molecule has 0 aliphatic rings. The average molecular weight is 337 g/mol. The number of nitrogens with two attached hydrogens (primary N) is 1. The zero-order chi connectivity index (χ0) is 17.5. The molecule has 1 heterocycles. The minimum Gasteiger partial charge on any atom is -0.435 e. The molecular weight excluding hydrogens is 316 g/mol. The summed E-state index contributed by atoms with van der Waals surface area (Å²) in [6, 6.07) is 6.89. The van der Waals surface area contributed by atoms with E-state index in [2.05, 4.69) is 25.0 Å². The summed E-state index contributed by atoms with van der Waals surface area (Å²) in [6.45, 7) is 0.932. The molecule has 1 atom stereocenters. The van der Waals surface area contributed by atoms with Gasteiger partial charge in [0.25, 0.3) is 0 Å². The molecule has 6 nitrogen and oxygen atoms in total. The third-order valence-corrected chi connectivity index (χ3v) is 3.54. The summed E-state index contributed by atoms with van der Waals surface area (Å²) in [5.74, 6) is 1.33. The largest absolute Gasteiger partial charge is 0.435 e. The Morgan fingerprint density at radius 3 is 2.62 bits per heavy atom. The molecule has 24 heavy (non-hydrogen) atoms. The van der Waals surface area contributed by atoms with Crippen molar-refractivity contribution in [3.8, 4) is 5.75 Å². The highest BCUT2D eigenvalue weighted by molar-refractivity contribution is 5.34. The molecular formula is C16H21F2N5O. The Morgan fingerprint density at radius 2 is 1.96 bits per heavy atom. The number of rotatable bonds is 8. The quantitative estimate of drug-likeness (QED) is 0.769. The van der Waals surface area contributed by atoms with Crippen LogP contribution in [0.25, 0.3) is 0 Å². The van der Waals surface area contributed by atoms with E-state index >= 15 is 0 Å². The monoisotopic (exact) mass is 337 g/mol. The number of ether oxygens (including phenoxy) is 1. The zero-order valence-corrected chi connectivity index (χ0v) is 13.7. The van der Waals surface area contributed by atoms with Gasteiger partial charge >= 0.3 is 6.61 Å². The van der Waals surface area contributed by atoms with E-state index in [4.69, 9.17) is 5.73 Å². The molecule has 0 saturated carbocycles. The molecule has 130 valence electrons. The van der Waals surface area contributed by atoms with E-state index < -0.39 is 6.61 Å². The first kappa shape index (κ1) is 17.8. The zero-order valence-electron chi connectivity index (χ0n) is 13.7. The maximum absolute atomic E-state index is 12.5. The van der Waals surface area contributed by atoms with Crippen molar-refractivity contribution >= 4 is 11.9 Å². The standard InChI is InChI=1S/C16H21F2N5O/c1-3-12(22-16-21-10(2)20-15(19)23-16)9-8-11-6-4-5-7-13(11)24-14(17)18/h4-7,12,14H,3,8-9H2,1-2H3,(H3,19,20,21,22,23). The van der Waals surface area contributed by atoms with Gasteiger partial charge in [0.05, 0.1) is 0 Å². The number of anilines is 2. The topological polar surface area (TPSA) is 86.0 Å². The van der Waals surface area contributed by atoms with E-state index in [1.807, 2.05) is 6.92 Å². The number of hydrogen-bond donors (Lipinski definition) is 2. The number of aromatic nitrogens is 3. The maximum atomic E-state index is 12.5. The Balaban J connectivity index is 2.01. The van der Waals surface area contributed by atoms with Gasteiger partial charge in [-0.3, -0.25) is 0 Å². The lowest BCUT2D eigenvalue weighted by molar-refractivity contribution is -0.0504. The van der Waals surface area contributed by atoms with Crippen molar-refractivity contribution in [2.24, 2.45) is 0 Å². The number of alkyl halides is 2. The second-order valence-corrected chi connectivity index (χ2v) is 5.34. The van der Waals surface area contributed by atoms with E-state index in [-0.39, 0.29) is 17.7 Å². The third-order valence-electron chi connectivity index (χ3n) is 3.54. The van der Waals surface area contributed by atoms with Gasteiger partial charge in [-0.25, -0.2) is 0 Å². The molecule has 0 fully saturated rings. The van der Waals surface area contributed by atoms with Crippen LogP contribution in [0.1, 0.15) is 31.2 Å². The van der Waals surface area contributed by atoms with Crippen molar-refractivity contribution in [2.45, 2.75) is 45.8 Å². The summed E-state index contributed by atoms with van der Waals surface area (Å²) in [5, 5.41) is 3.21. The average Bonchev–Trinajstić information content (AvgIpc) is 2.51. The van der Waals surface area contributed by atoms with Crippen LogP contribution in [-0.4, -0.2) is 27.6 Å².